The zero-order chi connectivity index (χ0) is 20.9. The van der Waals surface area contributed by atoms with E-state index in [1.807, 2.05) is 0 Å². The van der Waals surface area contributed by atoms with Crippen LogP contribution in [0.3, 0.4) is 0 Å². The molecule has 2 heterocycles. The molecule has 0 aliphatic carbocycles. The smallest absolute Gasteiger partial charge is 0.303 e. The number of benzene rings is 1. The molecule has 2 aliphatic heterocycles. The minimum Gasteiger partial charge on any atom is -0.356 e. The number of carbonyl (C=O) groups is 1. The molecule has 3 rings (SSSR count). The van der Waals surface area contributed by atoms with E-state index in [1.165, 1.54) is 48.5 Å². The first-order valence-corrected chi connectivity index (χ1v) is 11.8. The van der Waals surface area contributed by atoms with Crippen molar-refractivity contribution < 1.29 is 17.6 Å². The van der Waals surface area contributed by atoms with Gasteiger partial charge in [0.1, 0.15) is 5.82 Å². The van der Waals surface area contributed by atoms with Gasteiger partial charge in [0, 0.05) is 26.7 Å². The van der Waals surface area contributed by atoms with E-state index in [2.05, 4.69) is 10.2 Å². The molecule has 9 heteroatoms. The van der Waals surface area contributed by atoms with Gasteiger partial charge in [-0.05, 0) is 76.0 Å². The first-order valence-electron chi connectivity index (χ1n) is 10.4. The Hall–Kier alpha value is -1.71. The van der Waals surface area contributed by atoms with Crippen LogP contribution in [0.1, 0.15) is 32.1 Å². The van der Waals surface area contributed by atoms with Gasteiger partial charge in [-0.3, -0.25) is 9.10 Å². The summed E-state index contributed by atoms with van der Waals surface area (Å²) in [6.45, 7) is 4.45. The minimum atomic E-state index is -3.77. The Morgan fingerprint density at radius 1 is 1.17 bits per heavy atom. The summed E-state index contributed by atoms with van der Waals surface area (Å²) in [6.07, 6.45) is 4.75. The van der Waals surface area contributed by atoms with Crippen molar-refractivity contribution in [3.05, 3.63) is 30.1 Å². The molecule has 7 nitrogen and oxygen atoms in total. The number of anilines is 1. The second kappa shape index (κ2) is 9.86. The van der Waals surface area contributed by atoms with Crippen LogP contribution in [0.15, 0.2) is 24.3 Å². The summed E-state index contributed by atoms with van der Waals surface area (Å²) in [5.41, 5.74) is 0.389. The second-order valence-electron chi connectivity index (χ2n) is 7.84. The molecule has 1 amide bonds. The summed E-state index contributed by atoms with van der Waals surface area (Å²) in [5.74, 6) is -0.832. The Morgan fingerprint density at radius 3 is 2.55 bits per heavy atom. The summed E-state index contributed by atoms with van der Waals surface area (Å²) < 4.78 is 41.6. The van der Waals surface area contributed by atoms with Crippen LogP contribution in [0.25, 0.3) is 0 Å². The lowest BCUT2D eigenvalue weighted by Gasteiger charge is -2.34. The SMILES string of the molecule is CN(c1ccc(F)cc1)S(=O)(=O)N1CCCC(C(=O)NCCCN2CCCC2)C1. The number of halogens is 1. The number of carbonyl (C=O) groups excluding carboxylic acids is 1. The van der Waals surface area contributed by atoms with Crippen molar-refractivity contribution in [2.24, 2.45) is 5.92 Å². The van der Waals surface area contributed by atoms with Crippen molar-refractivity contribution >= 4 is 21.8 Å². The highest BCUT2D eigenvalue weighted by Gasteiger charge is 2.34. The molecule has 1 aromatic carbocycles. The standard InChI is InChI=1S/C20H31FN4O3S/c1-23(19-9-7-18(21)8-10-19)29(27,28)25-15-4-6-17(16-25)20(26)22-11-5-14-24-12-2-3-13-24/h7-10,17H,2-6,11-16H2,1H3,(H,22,26). The average molecular weight is 427 g/mol. The lowest BCUT2D eigenvalue weighted by atomic mass is 9.99. The maximum Gasteiger partial charge on any atom is 0.303 e. The van der Waals surface area contributed by atoms with Crippen LogP contribution in [0.4, 0.5) is 10.1 Å². The molecule has 0 bridgehead atoms. The van der Waals surface area contributed by atoms with E-state index >= 15 is 0 Å². The Balaban J connectivity index is 1.51. The highest BCUT2D eigenvalue weighted by Crippen LogP contribution is 2.24. The van der Waals surface area contributed by atoms with E-state index in [4.69, 9.17) is 0 Å². The molecule has 0 radical (unpaired) electrons. The van der Waals surface area contributed by atoms with E-state index in [9.17, 15) is 17.6 Å². The van der Waals surface area contributed by atoms with Crippen LogP contribution >= 0.6 is 0 Å². The molecule has 0 saturated carbocycles. The van der Waals surface area contributed by atoms with Crippen LogP contribution in [0.5, 0.6) is 0 Å². The van der Waals surface area contributed by atoms with Crippen LogP contribution < -0.4 is 9.62 Å². The van der Waals surface area contributed by atoms with Crippen LogP contribution in [-0.2, 0) is 15.0 Å². The number of nitrogens with zero attached hydrogens (tertiary/aromatic N) is 3. The third-order valence-electron chi connectivity index (χ3n) is 5.77. The van der Waals surface area contributed by atoms with E-state index in [0.717, 1.165) is 30.4 Å². The molecule has 1 unspecified atom stereocenters. The summed E-state index contributed by atoms with van der Waals surface area (Å²) >= 11 is 0. The summed E-state index contributed by atoms with van der Waals surface area (Å²) in [6, 6.07) is 5.33. The van der Waals surface area contributed by atoms with Gasteiger partial charge in [-0.25, -0.2) is 4.39 Å². The largest absolute Gasteiger partial charge is 0.356 e. The van der Waals surface area contributed by atoms with Crippen molar-refractivity contribution in [3.63, 3.8) is 0 Å². The number of likely N-dealkylation sites (tertiary alicyclic amines) is 1. The Bertz CT molecular complexity index is 781. The van der Waals surface area contributed by atoms with E-state index < -0.39 is 16.0 Å². The third kappa shape index (κ3) is 5.67. The molecule has 0 spiro atoms. The fraction of sp³-hybridized carbons (Fsp3) is 0.650. The highest BCUT2D eigenvalue weighted by molar-refractivity contribution is 7.90. The van der Waals surface area contributed by atoms with Gasteiger partial charge < -0.3 is 10.2 Å². The second-order valence-corrected chi connectivity index (χ2v) is 9.80. The highest BCUT2D eigenvalue weighted by atomic mass is 32.2. The predicted octanol–water partition coefficient (Wildman–Crippen LogP) is 1.82. The van der Waals surface area contributed by atoms with Gasteiger partial charge in [-0.15, -0.1) is 0 Å². The lowest BCUT2D eigenvalue weighted by molar-refractivity contribution is -0.126. The van der Waals surface area contributed by atoms with Gasteiger partial charge in [0.25, 0.3) is 0 Å². The number of hydrogen-bond donors (Lipinski definition) is 1. The number of nitrogens with one attached hydrogen (secondary N) is 1. The number of amides is 1. The molecule has 2 aliphatic rings. The zero-order valence-corrected chi connectivity index (χ0v) is 17.8. The fourth-order valence-electron chi connectivity index (χ4n) is 3.99. The van der Waals surface area contributed by atoms with Crippen LogP contribution in [0, 0.1) is 11.7 Å². The quantitative estimate of drug-likeness (QED) is 0.644. The van der Waals surface area contributed by atoms with Gasteiger partial charge in [-0.2, -0.15) is 12.7 Å². The number of piperidine rings is 1. The first kappa shape index (κ1) is 22.0. The molecule has 162 valence electrons. The van der Waals surface area contributed by atoms with Crippen molar-refractivity contribution in [1.29, 1.82) is 0 Å². The summed E-state index contributed by atoms with van der Waals surface area (Å²) in [5, 5.41) is 2.97. The molecular weight excluding hydrogens is 395 g/mol. The molecule has 29 heavy (non-hydrogen) atoms. The van der Waals surface area contributed by atoms with E-state index in [0.29, 0.717) is 31.6 Å². The number of hydrogen-bond acceptors (Lipinski definition) is 4. The van der Waals surface area contributed by atoms with Crippen molar-refractivity contribution in [3.8, 4) is 0 Å². The molecule has 0 aromatic heterocycles. The van der Waals surface area contributed by atoms with Gasteiger partial charge in [0.05, 0.1) is 11.6 Å². The Labute approximate surface area is 173 Å². The van der Waals surface area contributed by atoms with Crippen molar-refractivity contribution in [1.82, 2.24) is 14.5 Å². The Morgan fingerprint density at radius 2 is 1.86 bits per heavy atom. The molecule has 1 N–H and O–H groups in total. The fourth-order valence-corrected chi connectivity index (χ4v) is 5.45. The van der Waals surface area contributed by atoms with Crippen molar-refractivity contribution in [2.75, 3.05) is 50.6 Å². The number of rotatable bonds is 8. The van der Waals surface area contributed by atoms with Gasteiger partial charge in [-0.1, -0.05) is 0 Å². The van der Waals surface area contributed by atoms with Crippen LogP contribution in [0.2, 0.25) is 0 Å². The normalized spacial score (nSPS) is 21.2. The van der Waals surface area contributed by atoms with E-state index in [1.54, 1.807) is 0 Å². The average Bonchev–Trinajstić information content (AvgIpc) is 3.25. The molecule has 2 fully saturated rings. The van der Waals surface area contributed by atoms with Gasteiger partial charge in [0.15, 0.2) is 0 Å². The molecule has 1 aromatic rings. The van der Waals surface area contributed by atoms with Crippen molar-refractivity contribution in [2.45, 2.75) is 32.1 Å². The predicted molar refractivity (Wildman–Crippen MR) is 111 cm³/mol. The van der Waals surface area contributed by atoms with E-state index in [-0.39, 0.29) is 18.4 Å². The molecule has 2 saturated heterocycles. The lowest BCUT2D eigenvalue weighted by Crippen LogP contribution is -2.49. The first-order chi connectivity index (χ1) is 13.9. The minimum absolute atomic E-state index is 0.0734. The van der Waals surface area contributed by atoms with Crippen LogP contribution in [-0.4, -0.2) is 69.8 Å². The Kier molecular flexibility index (Phi) is 7.48. The maximum absolute atomic E-state index is 13.1. The molecular formula is C20H31FN4O3S. The summed E-state index contributed by atoms with van der Waals surface area (Å²) in [4.78, 5) is 15.0. The topological polar surface area (TPSA) is 73.0 Å². The summed E-state index contributed by atoms with van der Waals surface area (Å²) in [7, 11) is -2.32. The maximum atomic E-state index is 13.1. The van der Waals surface area contributed by atoms with Gasteiger partial charge >= 0.3 is 10.2 Å². The van der Waals surface area contributed by atoms with Gasteiger partial charge in [0.2, 0.25) is 5.91 Å². The molecule has 1 atom stereocenters. The monoisotopic (exact) mass is 426 g/mol. The zero-order valence-electron chi connectivity index (χ0n) is 17.0. The third-order valence-corrected chi connectivity index (χ3v) is 7.65.